The van der Waals surface area contributed by atoms with Crippen LogP contribution >= 0.6 is 11.3 Å². The monoisotopic (exact) mass is 830 g/mol. The number of benzene rings is 1. The Balaban J connectivity index is 0.000000660. The molecule has 0 radical (unpaired) electrons. The van der Waals surface area contributed by atoms with Crippen LogP contribution in [0.3, 0.4) is 0 Å². The van der Waals surface area contributed by atoms with Crippen molar-refractivity contribution in [2.45, 2.75) is 105 Å². The van der Waals surface area contributed by atoms with Gasteiger partial charge in [-0.25, -0.2) is 14.8 Å². The van der Waals surface area contributed by atoms with E-state index < -0.39 is 12.2 Å². The molecule has 3 aromatic heterocycles. The molecule has 0 bridgehead atoms. The second-order valence-electron chi connectivity index (χ2n) is 14.7. The standard InChI is InChI=1S/C33H42N6O3S.C5H10.C3H7FO.CH3F.CH2O2/c1-6-38-29-12-11-23(28-19-43-30(37-28)18-27(35-20-40)33(41)39-15-8-7-14-36-39)17-25(29)26(16-21(2)3)32(38)24-10-9-13-34-31(24)22(4)42-5;1-4-3-5(4)2;1-3(4)2-5;1-2;2-1-3/h9-13,17,19-22,27,36H,6-8,14-16,18H2,1-5H3,(H,35,40);4-5H,3H2,1-2H3;3,5H,2H2,1H3;1H3;1H,(H,2,3). The highest BCUT2D eigenvalue weighted by Crippen LogP contribution is 2.40. The highest BCUT2D eigenvalue weighted by molar-refractivity contribution is 7.10. The zero-order valence-electron chi connectivity index (χ0n) is 35.5. The van der Waals surface area contributed by atoms with Crippen LogP contribution in [0, 0.1) is 17.8 Å². The van der Waals surface area contributed by atoms with Gasteiger partial charge in [0.2, 0.25) is 6.41 Å². The van der Waals surface area contributed by atoms with Crippen LogP contribution in [0.5, 0.6) is 0 Å². The van der Waals surface area contributed by atoms with Crippen molar-refractivity contribution in [2.75, 3.05) is 34.0 Å². The summed E-state index contributed by atoms with van der Waals surface area (Å²) in [7, 11) is 2.22. The van der Waals surface area contributed by atoms with Gasteiger partial charge in [-0.3, -0.25) is 28.8 Å². The Morgan fingerprint density at radius 3 is 2.29 bits per heavy atom. The lowest BCUT2D eigenvalue weighted by Gasteiger charge is -2.30. The molecule has 322 valence electrons. The van der Waals surface area contributed by atoms with Gasteiger partial charge in [0.25, 0.3) is 12.4 Å². The molecule has 58 heavy (non-hydrogen) atoms. The highest BCUT2D eigenvalue weighted by Gasteiger charge is 2.28. The number of nitrogens with zero attached hydrogens (tertiary/aromatic N) is 4. The van der Waals surface area contributed by atoms with Crippen molar-refractivity contribution in [2.24, 2.45) is 17.8 Å². The second-order valence-corrected chi connectivity index (χ2v) is 15.7. The number of amides is 2. The fourth-order valence-corrected chi connectivity index (χ4v) is 7.32. The van der Waals surface area contributed by atoms with Crippen LogP contribution in [0.2, 0.25) is 0 Å². The van der Waals surface area contributed by atoms with Crippen molar-refractivity contribution >= 4 is 41.0 Å². The smallest absolute Gasteiger partial charge is 0.290 e. The third-order valence-corrected chi connectivity index (χ3v) is 10.7. The summed E-state index contributed by atoms with van der Waals surface area (Å²) < 4.78 is 28.8. The number of thiazole rings is 1. The van der Waals surface area contributed by atoms with Crippen molar-refractivity contribution in [1.82, 2.24) is 30.3 Å². The van der Waals surface area contributed by atoms with E-state index in [1.54, 1.807) is 12.1 Å². The van der Waals surface area contributed by atoms with Gasteiger partial charge in [0, 0.05) is 66.8 Å². The number of ether oxygens (including phenoxy) is 1. The minimum atomic E-state index is -1.06. The number of nitrogens with one attached hydrogen (secondary N) is 2. The Hall–Kier alpha value is -4.31. The Bertz CT molecular complexity index is 1820. The maximum Gasteiger partial charge on any atom is 0.290 e. The number of aryl methyl sites for hydroxylation is 1. The van der Waals surface area contributed by atoms with Crippen molar-refractivity contribution in [1.29, 1.82) is 0 Å². The van der Waals surface area contributed by atoms with E-state index in [0.29, 0.717) is 32.5 Å². The first-order valence-electron chi connectivity index (χ1n) is 19.9. The molecule has 4 aromatic rings. The lowest BCUT2D eigenvalue weighted by molar-refractivity contribution is -0.138. The van der Waals surface area contributed by atoms with Gasteiger partial charge in [0.05, 0.1) is 42.0 Å². The predicted molar refractivity (Wildman–Crippen MR) is 228 cm³/mol. The molecule has 2 amide bonds. The maximum absolute atomic E-state index is 13.1. The van der Waals surface area contributed by atoms with Gasteiger partial charge in [0.15, 0.2) is 0 Å². The third kappa shape index (κ3) is 14.5. The molecule has 5 atom stereocenters. The van der Waals surface area contributed by atoms with E-state index in [4.69, 9.17) is 29.7 Å². The topological polar surface area (TPSA) is 159 Å². The number of aliphatic hydroxyl groups is 1. The summed E-state index contributed by atoms with van der Waals surface area (Å²) in [5.74, 6) is 2.43. The fraction of sp³-hybridized carbons (Fsp3) is 0.558. The van der Waals surface area contributed by atoms with Gasteiger partial charge < -0.3 is 24.8 Å². The lowest BCUT2D eigenvalue weighted by atomic mass is 9.94. The molecule has 2 aliphatic rings. The average Bonchev–Trinajstić information content (AvgIpc) is 3.55. The van der Waals surface area contributed by atoms with E-state index in [9.17, 15) is 18.4 Å². The van der Waals surface area contributed by atoms with Crippen molar-refractivity contribution in [3.8, 4) is 22.5 Å². The first kappa shape index (κ1) is 49.8. The lowest BCUT2D eigenvalue weighted by Crippen LogP contribution is -2.54. The predicted octanol–water partition coefficient (Wildman–Crippen LogP) is 7.82. The fourth-order valence-electron chi connectivity index (χ4n) is 6.47. The van der Waals surface area contributed by atoms with Gasteiger partial charge in [-0.15, -0.1) is 11.3 Å². The van der Waals surface area contributed by atoms with Crippen LogP contribution in [0.4, 0.5) is 8.78 Å². The molecular formula is C43H64F2N6O6S. The van der Waals surface area contributed by atoms with Crippen molar-refractivity contribution in [3.05, 3.63) is 58.2 Å². The highest BCUT2D eigenvalue weighted by atomic mass is 32.1. The molecule has 4 N–H and O–H groups in total. The number of aromatic nitrogens is 3. The molecule has 1 saturated heterocycles. The normalized spacial score (nSPS) is 17.1. The number of rotatable bonds is 13. The summed E-state index contributed by atoms with van der Waals surface area (Å²) in [5.41, 5.74) is 10.8. The van der Waals surface area contributed by atoms with Crippen molar-refractivity contribution < 1.29 is 38.1 Å². The van der Waals surface area contributed by atoms with E-state index in [-0.39, 0.29) is 25.1 Å². The van der Waals surface area contributed by atoms with Gasteiger partial charge in [-0.1, -0.05) is 33.8 Å². The van der Waals surface area contributed by atoms with Crippen LogP contribution in [0.25, 0.3) is 33.4 Å². The van der Waals surface area contributed by atoms with Gasteiger partial charge in [-0.05, 0) is 94.0 Å². The van der Waals surface area contributed by atoms with Crippen LogP contribution in [0.15, 0.2) is 41.9 Å². The molecule has 2 fully saturated rings. The van der Waals surface area contributed by atoms with E-state index in [2.05, 4.69) is 74.2 Å². The summed E-state index contributed by atoms with van der Waals surface area (Å²) in [6.45, 7) is 16.2. The number of halogens is 2. The van der Waals surface area contributed by atoms with E-state index in [1.807, 2.05) is 24.6 Å². The van der Waals surface area contributed by atoms with Crippen LogP contribution in [0.1, 0.15) is 90.1 Å². The number of hydrogen-bond acceptors (Lipinski definition) is 9. The molecule has 6 rings (SSSR count). The molecular weight excluding hydrogens is 767 g/mol. The molecule has 4 heterocycles. The minimum Gasteiger partial charge on any atom is -0.483 e. The van der Waals surface area contributed by atoms with Crippen LogP contribution in [-0.4, -0.2) is 94.7 Å². The van der Waals surface area contributed by atoms with Crippen LogP contribution < -0.4 is 10.7 Å². The summed E-state index contributed by atoms with van der Waals surface area (Å²) in [4.78, 5) is 42.5. The number of fused-ring (bicyclic) bond motifs is 1. The largest absolute Gasteiger partial charge is 0.483 e. The number of hydrazine groups is 1. The zero-order chi connectivity index (χ0) is 43.4. The van der Waals surface area contributed by atoms with Crippen molar-refractivity contribution in [3.63, 3.8) is 0 Å². The molecule has 1 saturated carbocycles. The first-order valence-corrected chi connectivity index (χ1v) is 20.8. The molecule has 1 aliphatic carbocycles. The number of pyridine rings is 1. The number of carbonyl (C=O) groups excluding carboxylic acids is 2. The van der Waals surface area contributed by atoms with E-state index in [0.717, 1.165) is 71.7 Å². The van der Waals surface area contributed by atoms with Gasteiger partial charge >= 0.3 is 0 Å². The van der Waals surface area contributed by atoms with Gasteiger partial charge in [0.1, 0.15) is 12.2 Å². The zero-order valence-corrected chi connectivity index (χ0v) is 36.3. The summed E-state index contributed by atoms with van der Waals surface area (Å²) >= 11 is 1.51. The third-order valence-electron chi connectivity index (χ3n) is 9.86. The number of methoxy groups -OCH3 is 1. The number of hydrogen-bond donors (Lipinski definition) is 4. The quantitative estimate of drug-likeness (QED) is 0.0986. The van der Waals surface area contributed by atoms with E-state index >= 15 is 0 Å². The summed E-state index contributed by atoms with van der Waals surface area (Å²) in [5, 5.41) is 23.1. The van der Waals surface area contributed by atoms with E-state index in [1.165, 1.54) is 46.8 Å². The first-order chi connectivity index (χ1) is 27.8. The maximum atomic E-state index is 13.1. The molecule has 15 heteroatoms. The molecule has 1 aliphatic heterocycles. The number of carboxylic acid groups (broad SMARTS) is 1. The Morgan fingerprint density at radius 1 is 1.12 bits per heavy atom. The van der Waals surface area contributed by atoms with Crippen LogP contribution in [-0.2, 0) is 38.5 Å². The summed E-state index contributed by atoms with van der Waals surface area (Å²) in [6.07, 6.45) is 5.96. The number of aliphatic hydroxyl groups excluding tert-OH is 1. The summed E-state index contributed by atoms with van der Waals surface area (Å²) in [6, 6.07) is 10.1. The Kier molecular flexibility index (Phi) is 22.3. The SMILES string of the molecule is CC(F)CO.CC1CC1C.CCn1c(-c2cccnc2C(C)OC)c(CC(C)C)c2cc(-c3csc(CC(NC=O)C(=O)N4CCCCN4)n3)ccc21.CF.O=CO. The number of alkyl halides is 2. The second kappa shape index (κ2) is 25.9. The Labute approximate surface area is 346 Å². The van der Waals surface area contributed by atoms with Gasteiger partial charge in [-0.2, -0.15) is 0 Å². The molecule has 1 aromatic carbocycles. The Morgan fingerprint density at radius 2 is 1.78 bits per heavy atom. The molecule has 5 unspecified atom stereocenters. The average molecular weight is 831 g/mol. The molecule has 12 nitrogen and oxygen atoms in total. The number of carbonyl (C=O) groups is 3. The molecule has 0 spiro atoms. The minimum absolute atomic E-state index is 0.130.